The van der Waals surface area contributed by atoms with Crippen LogP contribution >= 0.6 is 46.4 Å². The minimum absolute atomic E-state index is 0.0152. The number of aromatic hydroxyl groups is 2. The molecule has 5 N–H and O–H groups in total. The van der Waals surface area contributed by atoms with E-state index in [1.54, 1.807) is 114 Å². The van der Waals surface area contributed by atoms with Crippen LogP contribution in [0.25, 0.3) is 0 Å². The molecule has 0 unspecified atom stereocenters. The number of hydrogen-bond acceptors (Lipinski definition) is 14. The largest absolute Gasteiger partial charge is 0.508 e. The molecule has 0 atom stereocenters. The van der Waals surface area contributed by atoms with Crippen molar-refractivity contribution in [2.75, 3.05) is 78.4 Å². The van der Waals surface area contributed by atoms with Gasteiger partial charge in [-0.25, -0.2) is 25.3 Å². The summed E-state index contributed by atoms with van der Waals surface area (Å²) in [4.78, 5) is 0.534. The predicted octanol–water partition coefficient (Wildman–Crippen LogP) is 13.9. The summed E-state index contributed by atoms with van der Waals surface area (Å²) in [6, 6.07) is 38.8. The fourth-order valence-electron chi connectivity index (χ4n) is 7.43. The number of nitrogens with two attached hydrogens (primary N) is 1. The van der Waals surface area contributed by atoms with Gasteiger partial charge in [-0.2, -0.15) is 0 Å². The third-order valence-electron chi connectivity index (χ3n) is 11.5. The SMILES string of the molecule is CCCN(c1ccc(O)c(C)c1)S(=O)(=O)c1ccc(O)cc1.CCCN(c1ccc(OC)c(C)c1)S(=O)(=O)c1ccc(OC)cc1.COc1ccc(N)cc1C.COc1ccc(S(=O)(=O)Nc2ccc(OC)c(C)c2)cc1.ClCCl.ClCCl. The smallest absolute Gasteiger partial charge is 0.264 e. The van der Waals surface area contributed by atoms with E-state index in [9.17, 15) is 35.5 Å². The van der Waals surface area contributed by atoms with Crippen molar-refractivity contribution in [2.45, 2.75) is 69.1 Å². The minimum atomic E-state index is -3.72. The van der Waals surface area contributed by atoms with Crippen LogP contribution in [0.5, 0.6) is 40.2 Å². The first kappa shape index (κ1) is 72.5. The number of methoxy groups -OCH3 is 5. The van der Waals surface area contributed by atoms with Gasteiger partial charge in [-0.05, 0) is 208 Å². The van der Waals surface area contributed by atoms with E-state index in [0.717, 1.165) is 33.9 Å². The third-order valence-corrected chi connectivity index (χ3v) is 16.6. The first-order valence-electron chi connectivity index (χ1n) is 25.2. The summed E-state index contributed by atoms with van der Waals surface area (Å²) in [5, 5.41) is 19.3. The summed E-state index contributed by atoms with van der Waals surface area (Å²) in [6.07, 6.45) is 1.36. The second kappa shape index (κ2) is 36.1. The Kier molecular flexibility index (Phi) is 31.6. The van der Waals surface area contributed by atoms with Crippen molar-refractivity contribution in [1.29, 1.82) is 0 Å². The number of nitrogens with zero attached hydrogens (tertiary/aromatic N) is 2. The van der Waals surface area contributed by atoms with Gasteiger partial charge in [0, 0.05) is 24.5 Å². The Morgan fingerprint density at radius 2 is 0.819 bits per heavy atom. The maximum atomic E-state index is 13.0. The summed E-state index contributed by atoms with van der Waals surface area (Å²) in [6.45, 7) is 12.0. The van der Waals surface area contributed by atoms with Crippen LogP contribution in [0.2, 0.25) is 0 Å². The molecule has 83 heavy (non-hydrogen) atoms. The maximum absolute atomic E-state index is 13.0. The fraction of sp³-hybridized carbons (Fsp3) is 0.288. The number of rotatable bonds is 18. The Balaban J connectivity index is 0.000000376. The summed E-state index contributed by atoms with van der Waals surface area (Å²) < 4.78 is 107. The van der Waals surface area contributed by atoms with E-state index in [2.05, 4.69) is 4.72 Å². The lowest BCUT2D eigenvalue weighted by Crippen LogP contribution is -2.31. The molecule has 7 rings (SSSR count). The Morgan fingerprint density at radius 3 is 1.19 bits per heavy atom. The summed E-state index contributed by atoms with van der Waals surface area (Å²) in [7, 11) is -3.08. The van der Waals surface area contributed by atoms with Gasteiger partial charge in [0.2, 0.25) is 0 Å². The lowest BCUT2D eigenvalue weighted by Gasteiger charge is -2.25. The number of nitrogen functional groups attached to an aromatic ring is 1. The van der Waals surface area contributed by atoms with Gasteiger partial charge in [0.15, 0.2) is 0 Å². The zero-order chi connectivity index (χ0) is 62.5. The van der Waals surface area contributed by atoms with E-state index in [-0.39, 0.29) is 36.9 Å². The number of sulfonamides is 3. The molecule has 0 amide bonds. The number of alkyl halides is 4. The molecule has 0 aromatic heterocycles. The lowest BCUT2D eigenvalue weighted by atomic mass is 10.2. The highest BCUT2D eigenvalue weighted by Crippen LogP contribution is 2.32. The molecule has 7 aromatic carbocycles. The Bertz CT molecular complexity index is 3420. The van der Waals surface area contributed by atoms with E-state index >= 15 is 0 Å². The Labute approximate surface area is 510 Å². The van der Waals surface area contributed by atoms with Crippen LogP contribution in [-0.4, -0.2) is 94.8 Å². The van der Waals surface area contributed by atoms with Crippen LogP contribution in [0.1, 0.15) is 48.9 Å². The number of halogens is 4. The highest BCUT2D eigenvalue weighted by Gasteiger charge is 2.26. The maximum Gasteiger partial charge on any atom is 0.264 e. The third kappa shape index (κ3) is 22.5. The van der Waals surface area contributed by atoms with Gasteiger partial charge < -0.3 is 39.6 Å². The van der Waals surface area contributed by atoms with E-state index in [1.165, 1.54) is 58.2 Å². The number of aryl methyl sites for hydroxylation is 4. The summed E-state index contributed by atoms with van der Waals surface area (Å²) >= 11 is 19.1. The normalized spacial score (nSPS) is 10.6. The average molecular weight is 1290 g/mol. The summed E-state index contributed by atoms with van der Waals surface area (Å²) in [5.41, 5.74) is 11.4. The van der Waals surface area contributed by atoms with Crippen LogP contribution in [0.4, 0.5) is 22.7 Å². The minimum Gasteiger partial charge on any atom is -0.508 e. The van der Waals surface area contributed by atoms with Crippen LogP contribution in [0.3, 0.4) is 0 Å². The van der Waals surface area contributed by atoms with Gasteiger partial charge in [-0.15, -0.1) is 46.4 Å². The quantitative estimate of drug-likeness (QED) is 0.0462. The van der Waals surface area contributed by atoms with Gasteiger partial charge in [-0.3, -0.25) is 13.3 Å². The van der Waals surface area contributed by atoms with E-state index in [4.69, 9.17) is 75.8 Å². The van der Waals surface area contributed by atoms with E-state index in [0.29, 0.717) is 65.8 Å². The molecular formula is C59H74Cl4N4O13S3. The standard InChI is InChI=1S/C18H23NO4S.C16H19NO4S.C15H17NO4S.C8H11NO.2CH2Cl2/c1-5-12-19(15-6-11-18(23-4)14(2)13-15)24(20,21)17-9-7-16(22-3)8-10-17;1-3-10-17(13-4-9-16(19)12(2)11-13)22(20,21)15-7-5-14(18)6-8-15;1-11-10-12(4-9-15(11)20-3)16-21(17,18)14-7-5-13(19-2)6-8-14;1-6-5-7(9)3-4-8(6)10-2;2*2-1-3/h6-11,13H,5,12H2,1-4H3;4-9,11,18-19H,3,10H2,1-2H3;4-10,16H,1-3H3;3-5H,9H2,1-2H3;2*1H2. The van der Waals surface area contributed by atoms with Crippen LogP contribution in [-0.2, 0) is 30.1 Å². The lowest BCUT2D eigenvalue weighted by molar-refractivity contribution is 0.411. The number of ether oxygens (including phenoxy) is 5. The molecule has 0 spiro atoms. The second-order valence-electron chi connectivity index (χ2n) is 17.3. The number of hydrogen-bond donors (Lipinski definition) is 4. The molecule has 17 nitrogen and oxygen atoms in total. The van der Waals surface area contributed by atoms with Crippen molar-refractivity contribution in [3.63, 3.8) is 0 Å². The molecule has 0 aliphatic rings. The molecule has 0 aliphatic heterocycles. The zero-order valence-electron chi connectivity index (χ0n) is 48.2. The monoisotopic (exact) mass is 1280 g/mol. The predicted molar refractivity (Wildman–Crippen MR) is 338 cm³/mol. The zero-order valence-corrected chi connectivity index (χ0v) is 53.7. The molecule has 0 aliphatic carbocycles. The Hall–Kier alpha value is -6.65. The van der Waals surface area contributed by atoms with Crippen LogP contribution in [0, 0.1) is 27.7 Å². The van der Waals surface area contributed by atoms with Gasteiger partial charge >= 0.3 is 0 Å². The van der Waals surface area contributed by atoms with Crippen LogP contribution < -0.4 is 42.8 Å². The number of nitrogens with one attached hydrogen (secondary N) is 1. The molecule has 0 bridgehead atoms. The average Bonchev–Trinajstić information content (AvgIpc) is 3.65. The van der Waals surface area contributed by atoms with Gasteiger partial charge in [0.05, 0.1) is 72.3 Å². The summed E-state index contributed by atoms with van der Waals surface area (Å²) in [5.74, 6) is 3.70. The van der Waals surface area contributed by atoms with E-state index in [1.807, 2.05) is 58.9 Å². The van der Waals surface area contributed by atoms with Crippen molar-refractivity contribution >= 4 is 99.2 Å². The van der Waals surface area contributed by atoms with Crippen molar-refractivity contribution < 1.29 is 59.2 Å². The van der Waals surface area contributed by atoms with Gasteiger partial charge in [-0.1, -0.05) is 13.8 Å². The Morgan fingerprint density at radius 1 is 0.458 bits per heavy atom. The fourth-order valence-corrected chi connectivity index (χ4v) is 11.6. The van der Waals surface area contributed by atoms with Crippen molar-refractivity contribution in [2.24, 2.45) is 0 Å². The molecule has 0 saturated heterocycles. The highest BCUT2D eigenvalue weighted by atomic mass is 35.5. The molecule has 454 valence electrons. The topological polar surface area (TPSA) is 234 Å². The first-order chi connectivity index (χ1) is 39.3. The molecule has 24 heteroatoms. The molecule has 0 radical (unpaired) electrons. The van der Waals surface area contributed by atoms with Gasteiger partial charge in [0.25, 0.3) is 30.1 Å². The highest BCUT2D eigenvalue weighted by molar-refractivity contribution is 7.93. The van der Waals surface area contributed by atoms with Crippen molar-refractivity contribution in [3.8, 4) is 40.2 Å². The molecule has 0 heterocycles. The first-order valence-corrected chi connectivity index (χ1v) is 31.7. The number of phenols is 2. The van der Waals surface area contributed by atoms with Crippen LogP contribution in [0.15, 0.2) is 160 Å². The van der Waals surface area contributed by atoms with Crippen molar-refractivity contribution in [3.05, 3.63) is 168 Å². The molecule has 7 aromatic rings. The van der Waals surface area contributed by atoms with Gasteiger partial charge in [0.1, 0.15) is 40.2 Å². The van der Waals surface area contributed by atoms with Crippen molar-refractivity contribution in [1.82, 2.24) is 0 Å². The number of phenolic OH excluding ortho intramolecular Hbond substituents is 2. The molecular weight excluding hydrogens is 1210 g/mol. The second-order valence-corrected chi connectivity index (χ2v) is 24.4. The molecule has 0 fully saturated rings. The number of benzene rings is 7. The van der Waals surface area contributed by atoms with E-state index < -0.39 is 30.1 Å². The number of anilines is 4. The molecule has 0 saturated carbocycles.